The van der Waals surface area contributed by atoms with Gasteiger partial charge in [-0.15, -0.1) is 0 Å². The maximum atomic E-state index is 5.96. The van der Waals surface area contributed by atoms with Gasteiger partial charge in [-0.2, -0.15) is 0 Å². The molecule has 2 aromatic rings. The molecule has 0 aliphatic carbocycles. The Morgan fingerprint density at radius 2 is 2.09 bits per heavy atom. The van der Waals surface area contributed by atoms with E-state index in [2.05, 4.69) is 58.8 Å². The Balaban J connectivity index is 1.45. The molecule has 124 valence electrons. The summed E-state index contributed by atoms with van der Waals surface area (Å²) in [5.41, 5.74) is 2.71. The minimum atomic E-state index is 0.363. The topological polar surface area (TPSA) is 30.3 Å². The summed E-state index contributed by atoms with van der Waals surface area (Å²) in [4.78, 5) is 6.88. The molecule has 23 heavy (non-hydrogen) atoms. The first kappa shape index (κ1) is 16.2. The van der Waals surface area contributed by atoms with Crippen molar-refractivity contribution in [3.05, 3.63) is 53.6 Å². The van der Waals surface area contributed by atoms with Crippen LogP contribution in [0.3, 0.4) is 0 Å². The van der Waals surface area contributed by atoms with E-state index in [4.69, 9.17) is 4.74 Å². The van der Waals surface area contributed by atoms with E-state index in [9.17, 15) is 0 Å². The molecule has 4 nitrogen and oxygen atoms in total. The van der Waals surface area contributed by atoms with E-state index in [1.165, 1.54) is 17.7 Å². The predicted octanol–water partition coefficient (Wildman–Crippen LogP) is 2.95. The Kier molecular flexibility index (Phi) is 5.47. The first-order chi connectivity index (χ1) is 11.2. The van der Waals surface area contributed by atoms with Crippen molar-refractivity contribution < 1.29 is 4.74 Å². The van der Waals surface area contributed by atoms with Gasteiger partial charge in [0, 0.05) is 32.9 Å². The summed E-state index contributed by atoms with van der Waals surface area (Å²) in [6.45, 7) is 5.90. The molecule has 0 bridgehead atoms. The lowest BCUT2D eigenvalue weighted by Gasteiger charge is -2.33. The Bertz CT molecular complexity index is 608. The van der Waals surface area contributed by atoms with Gasteiger partial charge in [-0.05, 0) is 31.7 Å². The minimum absolute atomic E-state index is 0.363. The number of imidazole rings is 1. The number of hydrogen-bond donors (Lipinski definition) is 0. The van der Waals surface area contributed by atoms with E-state index in [-0.39, 0.29) is 0 Å². The second-order valence-electron chi connectivity index (χ2n) is 6.46. The number of hydrogen-bond acceptors (Lipinski definition) is 3. The van der Waals surface area contributed by atoms with Crippen LogP contribution in [0.1, 0.15) is 29.9 Å². The predicted molar refractivity (Wildman–Crippen MR) is 92.3 cm³/mol. The smallest absolute Gasteiger partial charge is 0.105 e. The molecule has 1 aliphatic rings. The fraction of sp³-hybridized carbons (Fsp3) is 0.526. The molecule has 2 heterocycles. The molecule has 0 spiro atoms. The Morgan fingerprint density at radius 3 is 2.83 bits per heavy atom. The molecule has 1 aromatic carbocycles. The highest BCUT2D eigenvalue weighted by molar-refractivity contribution is 5.14. The van der Waals surface area contributed by atoms with Crippen molar-refractivity contribution in [2.45, 2.75) is 38.8 Å². The molecular formula is C19H27N3O. The number of aromatic nitrogens is 2. The summed E-state index contributed by atoms with van der Waals surface area (Å²) in [6, 6.07) is 10.7. The zero-order valence-electron chi connectivity index (χ0n) is 14.2. The van der Waals surface area contributed by atoms with Crippen molar-refractivity contribution in [1.82, 2.24) is 14.5 Å². The molecule has 0 saturated carbocycles. The standard InChI is InChI=1S/C19H27N3O/c1-16-20-13-18(21(16)2)14-22-11-12-23-19(15-22)10-6-9-17-7-4-3-5-8-17/h3-5,7-8,13,19H,6,9-12,14-15H2,1-2H3/t19-/m0/s1. The Hall–Kier alpha value is -1.65. The van der Waals surface area contributed by atoms with Crippen molar-refractivity contribution in [1.29, 1.82) is 0 Å². The van der Waals surface area contributed by atoms with Gasteiger partial charge in [0.25, 0.3) is 0 Å². The van der Waals surface area contributed by atoms with Crippen molar-refractivity contribution in [3.8, 4) is 0 Å². The minimum Gasteiger partial charge on any atom is -0.376 e. The molecular weight excluding hydrogens is 286 g/mol. The van der Waals surface area contributed by atoms with Crippen LogP contribution < -0.4 is 0 Å². The number of nitrogens with zero attached hydrogens (tertiary/aromatic N) is 3. The second kappa shape index (κ2) is 7.75. The molecule has 1 fully saturated rings. The van der Waals surface area contributed by atoms with Gasteiger partial charge in [-0.1, -0.05) is 30.3 Å². The number of benzene rings is 1. The number of morpholine rings is 1. The van der Waals surface area contributed by atoms with Gasteiger partial charge in [0.2, 0.25) is 0 Å². The van der Waals surface area contributed by atoms with E-state index >= 15 is 0 Å². The van der Waals surface area contributed by atoms with Crippen LogP contribution in [-0.2, 0) is 24.8 Å². The highest BCUT2D eigenvalue weighted by Gasteiger charge is 2.21. The zero-order chi connectivity index (χ0) is 16.1. The van der Waals surface area contributed by atoms with Gasteiger partial charge in [0.15, 0.2) is 0 Å². The SMILES string of the molecule is Cc1ncc(CN2CCO[C@@H](CCCc3ccccc3)C2)n1C. The molecule has 1 atom stereocenters. The van der Waals surface area contributed by atoms with Crippen LogP contribution in [0.2, 0.25) is 0 Å². The molecule has 0 unspecified atom stereocenters. The van der Waals surface area contributed by atoms with E-state index in [1.54, 1.807) is 0 Å². The molecule has 1 aliphatic heterocycles. The van der Waals surface area contributed by atoms with E-state index in [0.29, 0.717) is 6.10 Å². The van der Waals surface area contributed by atoms with Crippen LogP contribution in [0.15, 0.2) is 36.5 Å². The van der Waals surface area contributed by atoms with Crippen molar-refractivity contribution >= 4 is 0 Å². The Morgan fingerprint density at radius 1 is 1.26 bits per heavy atom. The maximum absolute atomic E-state index is 5.96. The molecule has 1 saturated heterocycles. The molecule has 0 radical (unpaired) electrons. The summed E-state index contributed by atoms with van der Waals surface area (Å²) in [5.74, 6) is 1.08. The van der Waals surface area contributed by atoms with E-state index in [0.717, 1.165) is 44.9 Å². The van der Waals surface area contributed by atoms with Gasteiger partial charge in [0.1, 0.15) is 5.82 Å². The third-order valence-electron chi connectivity index (χ3n) is 4.76. The molecule has 4 heteroatoms. The molecule has 3 rings (SSSR count). The van der Waals surface area contributed by atoms with Gasteiger partial charge >= 0.3 is 0 Å². The summed E-state index contributed by atoms with van der Waals surface area (Å²) in [6.07, 6.45) is 5.82. The highest BCUT2D eigenvalue weighted by atomic mass is 16.5. The fourth-order valence-electron chi connectivity index (χ4n) is 3.20. The van der Waals surface area contributed by atoms with E-state index in [1.807, 2.05) is 6.20 Å². The lowest BCUT2D eigenvalue weighted by atomic mass is 10.1. The third-order valence-corrected chi connectivity index (χ3v) is 4.76. The summed E-state index contributed by atoms with van der Waals surface area (Å²) < 4.78 is 8.14. The van der Waals surface area contributed by atoms with Gasteiger partial charge < -0.3 is 9.30 Å². The van der Waals surface area contributed by atoms with Gasteiger partial charge in [-0.3, -0.25) is 4.90 Å². The van der Waals surface area contributed by atoms with Crippen LogP contribution in [0.4, 0.5) is 0 Å². The molecule has 0 N–H and O–H groups in total. The van der Waals surface area contributed by atoms with Gasteiger partial charge in [-0.25, -0.2) is 4.98 Å². The molecule has 1 aromatic heterocycles. The lowest BCUT2D eigenvalue weighted by molar-refractivity contribution is -0.0360. The lowest BCUT2D eigenvalue weighted by Crippen LogP contribution is -2.42. The van der Waals surface area contributed by atoms with E-state index < -0.39 is 0 Å². The number of ether oxygens (including phenoxy) is 1. The first-order valence-electron chi connectivity index (χ1n) is 8.57. The quantitative estimate of drug-likeness (QED) is 0.821. The largest absolute Gasteiger partial charge is 0.376 e. The van der Waals surface area contributed by atoms with Crippen molar-refractivity contribution in [3.63, 3.8) is 0 Å². The van der Waals surface area contributed by atoms with Crippen molar-refractivity contribution in [2.75, 3.05) is 19.7 Å². The zero-order valence-corrected chi connectivity index (χ0v) is 14.2. The summed E-state index contributed by atoms with van der Waals surface area (Å²) in [5, 5.41) is 0. The average Bonchev–Trinajstić information content (AvgIpc) is 2.88. The second-order valence-corrected chi connectivity index (χ2v) is 6.46. The first-order valence-corrected chi connectivity index (χ1v) is 8.57. The fourth-order valence-corrected chi connectivity index (χ4v) is 3.20. The third kappa shape index (κ3) is 4.43. The average molecular weight is 313 g/mol. The monoisotopic (exact) mass is 313 g/mol. The summed E-state index contributed by atoms with van der Waals surface area (Å²) >= 11 is 0. The van der Waals surface area contributed by atoms with Crippen LogP contribution in [0.25, 0.3) is 0 Å². The van der Waals surface area contributed by atoms with Crippen LogP contribution in [0.5, 0.6) is 0 Å². The number of aryl methyl sites for hydroxylation is 2. The van der Waals surface area contributed by atoms with Crippen molar-refractivity contribution in [2.24, 2.45) is 7.05 Å². The normalized spacial score (nSPS) is 19.1. The maximum Gasteiger partial charge on any atom is 0.105 e. The molecule has 0 amide bonds. The Labute approximate surface area is 139 Å². The van der Waals surface area contributed by atoms with Crippen LogP contribution in [-0.4, -0.2) is 40.3 Å². The van der Waals surface area contributed by atoms with Gasteiger partial charge in [0.05, 0.1) is 18.4 Å². The number of rotatable bonds is 6. The highest BCUT2D eigenvalue weighted by Crippen LogP contribution is 2.15. The van der Waals surface area contributed by atoms with Crippen LogP contribution in [0, 0.1) is 6.92 Å². The van der Waals surface area contributed by atoms with Crippen LogP contribution >= 0.6 is 0 Å². The summed E-state index contributed by atoms with van der Waals surface area (Å²) in [7, 11) is 2.09.